The van der Waals surface area contributed by atoms with E-state index in [0.29, 0.717) is 19.4 Å². The van der Waals surface area contributed by atoms with Crippen LogP contribution in [0.2, 0.25) is 0 Å². The molecule has 0 saturated carbocycles. The van der Waals surface area contributed by atoms with E-state index in [1.165, 1.54) is 7.11 Å². The second-order valence-corrected chi connectivity index (χ2v) is 17.9. The van der Waals surface area contributed by atoms with Gasteiger partial charge < -0.3 is 35.0 Å². The number of nitrogens with one attached hydrogen (secondary N) is 2. The standard InChI is InChI=1S/C44H75N5O8/c1-16-28(6)37(47(12)42(53)35(26(2)3)46-41(52)36(27(4)5)48(13)44(9,10)11)33(56-14)25-34(50)49-23-22-29(7)38(49)39(57-15)30(8)40(51)45-32(43(54)55)24-31-20-18-17-19-21-31/h17-21,26-30,32-33,35-39H,16,22-25H2,1-15H3,(H,45,51)(H,46,52)(H,54,55)/t28-,29?,30+,32-,33+,35-,36-,37-,38-,39+/m0/s1. The summed E-state index contributed by atoms with van der Waals surface area (Å²) in [7, 11) is 6.71. The monoisotopic (exact) mass is 802 g/mol. The van der Waals surface area contributed by atoms with Gasteiger partial charge in [0.05, 0.1) is 42.7 Å². The van der Waals surface area contributed by atoms with E-state index in [1.54, 1.807) is 30.9 Å². The number of likely N-dealkylation sites (tertiary alicyclic amines) is 1. The third kappa shape index (κ3) is 13.0. The second-order valence-electron chi connectivity index (χ2n) is 17.9. The van der Waals surface area contributed by atoms with E-state index in [-0.39, 0.29) is 59.8 Å². The van der Waals surface area contributed by atoms with Crippen molar-refractivity contribution in [3.8, 4) is 0 Å². The number of carbonyl (C=O) groups excluding carboxylic acids is 4. The first-order chi connectivity index (χ1) is 26.5. The van der Waals surface area contributed by atoms with Crippen LogP contribution < -0.4 is 10.6 Å². The Morgan fingerprint density at radius 3 is 1.98 bits per heavy atom. The number of methoxy groups -OCH3 is 2. The number of hydrogen-bond donors (Lipinski definition) is 3. The van der Waals surface area contributed by atoms with E-state index in [2.05, 4.69) is 31.4 Å². The minimum atomic E-state index is -1.14. The fourth-order valence-corrected chi connectivity index (χ4v) is 8.24. The van der Waals surface area contributed by atoms with Crippen LogP contribution in [0.4, 0.5) is 0 Å². The van der Waals surface area contributed by atoms with Gasteiger partial charge in [-0.1, -0.05) is 92.1 Å². The van der Waals surface area contributed by atoms with Crippen LogP contribution in [0.5, 0.6) is 0 Å². The molecular weight excluding hydrogens is 727 g/mol. The lowest BCUT2D eigenvalue weighted by atomic mass is 9.88. The van der Waals surface area contributed by atoms with Gasteiger partial charge in [0.25, 0.3) is 0 Å². The quantitative estimate of drug-likeness (QED) is 0.158. The first-order valence-corrected chi connectivity index (χ1v) is 20.8. The smallest absolute Gasteiger partial charge is 0.326 e. The van der Waals surface area contributed by atoms with Crippen molar-refractivity contribution < 1.29 is 38.6 Å². The summed E-state index contributed by atoms with van der Waals surface area (Å²) in [5, 5.41) is 15.7. The van der Waals surface area contributed by atoms with Gasteiger partial charge in [0, 0.05) is 39.8 Å². The molecule has 2 rings (SSSR count). The average molecular weight is 802 g/mol. The van der Waals surface area contributed by atoms with Gasteiger partial charge in [-0.15, -0.1) is 0 Å². The molecule has 13 heteroatoms. The zero-order chi connectivity index (χ0) is 43.5. The van der Waals surface area contributed by atoms with Crippen molar-refractivity contribution in [2.24, 2.45) is 29.6 Å². The zero-order valence-corrected chi connectivity index (χ0v) is 37.5. The number of ether oxygens (including phenoxy) is 2. The van der Waals surface area contributed by atoms with Crippen molar-refractivity contribution in [3.05, 3.63) is 35.9 Å². The third-order valence-electron chi connectivity index (χ3n) is 12.2. The Labute approximate surface area is 343 Å². The first kappa shape index (κ1) is 49.6. The van der Waals surface area contributed by atoms with Crippen molar-refractivity contribution in [2.75, 3.05) is 34.9 Å². The number of aliphatic carboxylic acids is 1. The maximum atomic E-state index is 14.4. The van der Waals surface area contributed by atoms with Crippen LogP contribution in [0.1, 0.15) is 101 Å². The zero-order valence-electron chi connectivity index (χ0n) is 37.5. The minimum Gasteiger partial charge on any atom is -0.480 e. The number of rotatable bonds is 21. The molecule has 13 nitrogen and oxygen atoms in total. The molecule has 4 amide bonds. The Bertz CT molecular complexity index is 1470. The van der Waals surface area contributed by atoms with Crippen molar-refractivity contribution >= 4 is 29.6 Å². The lowest BCUT2D eigenvalue weighted by Gasteiger charge is -2.42. The SMILES string of the molecule is CC[C@H](C)[C@@H]([C@@H](CC(=O)N1CCC(C)[C@H]1[C@H](OC)[C@@H](C)C(=O)N[C@@H](Cc1ccccc1)C(=O)O)OC)N(C)C(=O)[C@@H](NC(=O)[C@H](C(C)C)N(C)C(C)(C)C)C(C)C. The second kappa shape index (κ2) is 22.0. The molecule has 0 aromatic heterocycles. The molecule has 3 N–H and O–H groups in total. The van der Waals surface area contributed by atoms with Crippen molar-refractivity contribution in [3.63, 3.8) is 0 Å². The Kier molecular flexibility index (Phi) is 19.1. The third-order valence-corrected chi connectivity index (χ3v) is 12.2. The highest BCUT2D eigenvalue weighted by Gasteiger charge is 2.46. The van der Waals surface area contributed by atoms with E-state index >= 15 is 0 Å². The van der Waals surface area contributed by atoms with E-state index in [9.17, 15) is 29.1 Å². The number of hydrogen-bond acceptors (Lipinski definition) is 8. The van der Waals surface area contributed by atoms with E-state index in [0.717, 1.165) is 5.56 Å². The van der Waals surface area contributed by atoms with Crippen LogP contribution in [0.25, 0.3) is 0 Å². The molecule has 57 heavy (non-hydrogen) atoms. The Balaban J connectivity index is 2.34. The molecule has 324 valence electrons. The van der Waals surface area contributed by atoms with Gasteiger partial charge in [0.2, 0.25) is 23.6 Å². The maximum Gasteiger partial charge on any atom is 0.326 e. The van der Waals surface area contributed by atoms with Gasteiger partial charge in [-0.2, -0.15) is 0 Å². The maximum absolute atomic E-state index is 14.4. The number of benzene rings is 1. The van der Waals surface area contributed by atoms with Crippen LogP contribution >= 0.6 is 0 Å². The lowest BCUT2D eigenvalue weighted by molar-refractivity contribution is -0.149. The van der Waals surface area contributed by atoms with Gasteiger partial charge in [-0.25, -0.2) is 4.79 Å². The van der Waals surface area contributed by atoms with E-state index in [1.807, 2.05) is 90.7 Å². The fraction of sp³-hybridized carbons (Fsp3) is 0.750. The van der Waals surface area contributed by atoms with Gasteiger partial charge in [-0.05, 0) is 63.5 Å². The molecule has 1 saturated heterocycles. The molecule has 1 aromatic rings. The van der Waals surface area contributed by atoms with Crippen LogP contribution in [-0.2, 0) is 39.9 Å². The largest absolute Gasteiger partial charge is 0.480 e. The molecule has 0 bridgehead atoms. The molecule has 1 aliphatic heterocycles. The summed E-state index contributed by atoms with van der Waals surface area (Å²) in [5.41, 5.74) is 0.512. The highest BCUT2D eigenvalue weighted by atomic mass is 16.5. The molecule has 1 aliphatic rings. The van der Waals surface area contributed by atoms with Gasteiger partial charge in [-0.3, -0.25) is 24.1 Å². The number of amides is 4. The normalized spacial score (nSPS) is 20.4. The number of carboxylic acid groups (broad SMARTS) is 1. The summed E-state index contributed by atoms with van der Waals surface area (Å²) in [6.45, 7) is 22.2. The first-order valence-electron chi connectivity index (χ1n) is 20.8. The average Bonchev–Trinajstić information content (AvgIpc) is 3.53. The molecule has 10 atom stereocenters. The fourth-order valence-electron chi connectivity index (χ4n) is 8.24. The minimum absolute atomic E-state index is 0.000112. The number of carbonyl (C=O) groups is 5. The Morgan fingerprint density at radius 2 is 1.51 bits per heavy atom. The summed E-state index contributed by atoms with van der Waals surface area (Å²) >= 11 is 0. The lowest BCUT2D eigenvalue weighted by Crippen LogP contribution is -2.61. The molecule has 1 heterocycles. The van der Waals surface area contributed by atoms with Gasteiger partial charge in [0.15, 0.2) is 0 Å². The van der Waals surface area contributed by atoms with Gasteiger partial charge >= 0.3 is 5.97 Å². The predicted molar refractivity (Wildman–Crippen MR) is 223 cm³/mol. The predicted octanol–water partition coefficient (Wildman–Crippen LogP) is 4.86. The number of likely N-dealkylation sites (N-methyl/N-ethyl adjacent to an activating group) is 2. The molecule has 0 aliphatic carbocycles. The highest BCUT2D eigenvalue weighted by Crippen LogP contribution is 2.33. The van der Waals surface area contributed by atoms with Crippen LogP contribution in [0.3, 0.4) is 0 Å². The number of nitrogens with zero attached hydrogens (tertiary/aromatic N) is 3. The van der Waals surface area contributed by atoms with E-state index in [4.69, 9.17) is 9.47 Å². The Morgan fingerprint density at radius 1 is 0.912 bits per heavy atom. The molecule has 1 unspecified atom stereocenters. The summed E-state index contributed by atoms with van der Waals surface area (Å²) in [6, 6.07) is 5.77. The van der Waals surface area contributed by atoms with Gasteiger partial charge in [0.1, 0.15) is 12.1 Å². The summed E-state index contributed by atoms with van der Waals surface area (Å²) in [4.78, 5) is 73.9. The van der Waals surface area contributed by atoms with E-state index < -0.39 is 60.2 Å². The van der Waals surface area contributed by atoms with Crippen LogP contribution in [0, 0.1) is 29.6 Å². The Hall–Kier alpha value is -3.55. The molecule has 0 spiro atoms. The molecule has 1 aromatic carbocycles. The van der Waals surface area contributed by atoms with Crippen molar-refractivity contribution in [1.29, 1.82) is 0 Å². The number of carboxylic acids is 1. The van der Waals surface area contributed by atoms with Crippen molar-refractivity contribution in [2.45, 2.75) is 150 Å². The molecule has 1 fully saturated rings. The summed E-state index contributed by atoms with van der Waals surface area (Å²) < 4.78 is 12.0. The topological polar surface area (TPSA) is 158 Å². The highest BCUT2D eigenvalue weighted by molar-refractivity contribution is 5.90. The summed E-state index contributed by atoms with van der Waals surface area (Å²) in [6.07, 6.45) is 0.124. The van der Waals surface area contributed by atoms with Crippen LogP contribution in [0.15, 0.2) is 30.3 Å². The van der Waals surface area contributed by atoms with Crippen LogP contribution in [-0.4, -0.2) is 132 Å². The van der Waals surface area contributed by atoms with Crippen molar-refractivity contribution in [1.82, 2.24) is 25.3 Å². The molecular formula is C44H75N5O8. The molecule has 0 radical (unpaired) electrons. The summed E-state index contributed by atoms with van der Waals surface area (Å²) in [5.74, 6) is -3.31.